The fourth-order valence-electron chi connectivity index (χ4n) is 3.30. The molecule has 0 saturated heterocycles. The Labute approximate surface area is 176 Å². The highest BCUT2D eigenvalue weighted by atomic mass is 35.5. The minimum atomic E-state index is -0.675. The summed E-state index contributed by atoms with van der Waals surface area (Å²) in [5.41, 5.74) is 6.64. The first-order valence-corrected chi connectivity index (χ1v) is 9.58. The molecule has 156 valence electrons. The number of benzene rings is 1. The van der Waals surface area contributed by atoms with Gasteiger partial charge in [-0.1, -0.05) is 45.2 Å². The topological polar surface area (TPSA) is 67.6 Å². The summed E-state index contributed by atoms with van der Waals surface area (Å²) in [4.78, 5) is 14.7. The van der Waals surface area contributed by atoms with Crippen LogP contribution in [-0.2, 0) is 11.3 Å². The lowest BCUT2D eigenvalue weighted by atomic mass is 9.82. The maximum Gasteiger partial charge on any atom is 0.240 e. The molecule has 1 aliphatic carbocycles. The van der Waals surface area contributed by atoms with Crippen LogP contribution in [0.2, 0.25) is 0 Å². The van der Waals surface area contributed by atoms with Gasteiger partial charge in [-0.3, -0.25) is 4.79 Å². The van der Waals surface area contributed by atoms with Gasteiger partial charge in [-0.05, 0) is 43.6 Å². The zero-order valence-corrected chi connectivity index (χ0v) is 18.2. The number of nitrogens with two attached hydrogens (primary N) is 1. The van der Waals surface area contributed by atoms with Crippen LogP contribution in [0.25, 0.3) is 0 Å². The third kappa shape index (κ3) is 8.26. The van der Waals surface area contributed by atoms with Crippen molar-refractivity contribution >= 4 is 30.7 Å². The molecule has 0 bridgehead atoms. The monoisotopic (exact) mass is 419 g/mol. The minimum Gasteiger partial charge on any atom is -0.492 e. The summed E-state index contributed by atoms with van der Waals surface area (Å²) in [5.74, 6) is 0.844. The van der Waals surface area contributed by atoms with Gasteiger partial charge in [0.2, 0.25) is 5.91 Å². The van der Waals surface area contributed by atoms with Crippen LogP contribution in [0, 0.1) is 0 Å². The van der Waals surface area contributed by atoms with Crippen molar-refractivity contribution in [2.24, 2.45) is 5.73 Å². The highest BCUT2D eigenvalue weighted by Gasteiger charge is 2.34. The number of ether oxygens (including phenoxy) is 1. The van der Waals surface area contributed by atoms with Crippen LogP contribution in [0.1, 0.15) is 51.5 Å². The Bertz CT molecular complexity index is 531. The average molecular weight is 420 g/mol. The van der Waals surface area contributed by atoms with Crippen LogP contribution in [0.5, 0.6) is 5.75 Å². The number of carbonyl (C=O) groups excluding carboxylic acids is 1. The number of likely N-dealkylation sites (N-methyl/N-ethyl adjacent to an activating group) is 1. The molecule has 0 aromatic heterocycles. The van der Waals surface area contributed by atoms with E-state index in [0.29, 0.717) is 13.2 Å². The molecule has 0 radical (unpaired) electrons. The Morgan fingerprint density at radius 3 is 2.26 bits per heavy atom. The molecule has 1 aromatic carbocycles. The summed E-state index contributed by atoms with van der Waals surface area (Å²) in [6.07, 6.45) is 4.85. The van der Waals surface area contributed by atoms with E-state index in [1.165, 1.54) is 6.42 Å². The number of nitrogens with zero attached hydrogens (tertiary/aromatic N) is 1. The molecule has 7 heteroatoms. The van der Waals surface area contributed by atoms with Crippen molar-refractivity contribution in [3.05, 3.63) is 29.8 Å². The molecule has 1 amide bonds. The standard InChI is InChI=1S/C20H33N3O2.2ClH/c1-3-23(4-2)14-15-25-18-10-8-17(9-11-18)16-22-19(24)20(21)12-6-5-7-13-20;;/h8-11H,3-7,12-16,21H2,1-2H3,(H,22,24);2*1H. The van der Waals surface area contributed by atoms with Gasteiger partial charge >= 0.3 is 0 Å². The molecular weight excluding hydrogens is 385 g/mol. The van der Waals surface area contributed by atoms with E-state index in [1.807, 2.05) is 24.3 Å². The Hall–Kier alpha value is -1.01. The van der Waals surface area contributed by atoms with Crippen molar-refractivity contribution in [1.29, 1.82) is 0 Å². The second-order valence-electron chi connectivity index (χ2n) is 6.92. The molecule has 0 spiro atoms. The molecule has 1 fully saturated rings. The molecule has 0 aliphatic heterocycles. The fraction of sp³-hybridized carbons (Fsp3) is 0.650. The maximum atomic E-state index is 12.4. The van der Waals surface area contributed by atoms with Crippen LogP contribution in [0.4, 0.5) is 0 Å². The maximum absolute atomic E-state index is 12.4. The van der Waals surface area contributed by atoms with Crippen LogP contribution >= 0.6 is 24.8 Å². The van der Waals surface area contributed by atoms with Crippen molar-refractivity contribution in [2.45, 2.75) is 58.0 Å². The number of halogens is 2. The predicted octanol–water partition coefficient (Wildman–Crippen LogP) is 3.53. The lowest BCUT2D eigenvalue weighted by Gasteiger charge is -2.31. The number of amides is 1. The smallest absolute Gasteiger partial charge is 0.240 e. The molecule has 0 heterocycles. The summed E-state index contributed by atoms with van der Waals surface area (Å²) in [6.45, 7) is 8.54. The van der Waals surface area contributed by atoms with Gasteiger partial charge in [-0.25, -0.2) is 0 Å². The Kier molecular flexibility index (Phi) is 12.7. The number of carbonyl (C=O) groups is 1. The third-order valence-electron chi connectivity index (χ3n) is 5.15. The summed E-state index contributed by atoms with van der Waals surface area (Å²) >= 11 is 0. The average Bonchev–Trinajstić information content (AvgIpc) is 2.65. The Balaban J connectivity index is 0.00000338. The normalized spacial score (nSPS) is 15.4. The molecule has 0 atom stereocenters. The van der Waals surface area contributed by atoms with Gasteiger partial charge in [0, 0.05) is 13.1 Å². The SMILES string of the molecule is CCN(CC)CCOc1ccc(CNC(=O)C2(N)CCCCC2)cc1.Cl.Cl. The number of hydrogen-bond acceptors (Lipinski definition) is 4. The second kappa shape index (κ2) is 13.2. The van der Waals surface area contributed by atoms with E-state index in [-0.39, 0.29) is 30.7 Å². The van der Waals surface area contributed by atoms with E-state index >= 15 is 0 Å². The molecule has 3 N–H and O–H groups in total. The zero-order valence-electron chi connectivity index (χ0n) is 16.5. The summed E-state index contributed by atoms with van der Waals surface area (Å²) in [7, 11) is 0. The van der Waals surface area contributed by atoms with Crippen LogP contribution in [0.3, 0.4) is 0 Å². The number of hydrogen-bond donors (Lipinski definition) is 2. The molecule has 27 heavy (non-hydrogen) atoms. The second-order valence-corrected chi connectivity index (χ2v) is 6.92. The molecule has 1 aromatic rings. The first-order valence-electron chi connectivity index (χ1n) is 9.58. The number of nitrogens with one attached hydrogen (secondary N) is 1. The third-order valence-corrected chi connectivity index (χ3v) is 5.15. The highest BCUT2D eigenvalue weighted by molar-refractivity contribution is 5.86. The lowest BCUT2D eigenvalue weighted by Crippen LogP contribution is -2.54. The van der Waals surface area contributed by atoms with Gasteiger partial charge in [0.25, 0.3) is 0 Å². The van der Waals surface area contributed by atoms with Crippen LogP contribution in [0.15, 0.2) is 24.3 Å². The Morgan fingerprint density at radius 1 is 1.11 bits per heavy atom. The predicted molar refractivity (Wildman–Crippen MR) is 116 cm³/mol. The van der Waals surface area contributed by atoms with E-state index < -0.39 is 5.54 Å². The van der Waals surface area contributed by atoms with Crippen LogP contribution in [-0.4, -0.2) is 42.6 Å². The Morgan fingerprint density at radius 2 is 1.70 bits per heavy atom. The fourth-order valence-corrected chi connectivity index (χ4v) is 3.30. The van der Waals surface area contributed by atoms with Crippen molar-refractivity contribution < 1.29 is 9.53 Å². The largest absolute Gasteiger partial charge is 0.492 e. The highest BCUT2D eigenvalue weighted by Crippen LogP contribution is 2.26. The van der Waals surface area contributed by atoms with E-state index in [9.17, 15) is 4.79 Å². The molecule has 2 rings (SSSR count). The summed E-state index contributed by atoms with van der Waals surface area (Å²) < 4.78 is 5.78. The quantitative estimate of drug-likeness (QED) is 0.642. The number of rotatable bonds is 9. The summed E-state index contributed by atoms with van der Waals surface area (Å²) in [5, 5.41) is 2.99. The van der Waals surface area contributed by atoms with Crippen molar-refractivity contribution in [3.8, 4) is 5.75 Å². The van der Waals surface area contributed by atoms with Gasteiger partial charge in [0.1, 0.15) is 12.4 Å². The van der Waals surface area contributed by atoms with Crippen LogP contribution < -0.4 is 15.8 Å². The van der Waals surface area contributed by atoms with E-state index in [0.717, 1.165) is 56.6 Å². The molecule has 1 saturated carbocycles. The van der Waals surface area contributed by atoms with Crippen molar-refractivity contribution in [2.75, 3.05) is 26.2 Å². The molecule has 1 aliphatic rings. The van der Waals surface area contributed by atoms with Gasteiger partial charge in [0.05, 0.1) is 5.54 Å². The van der Waals surface area contributed by atoms with Gasteiger partial charge in [-0.2, -0.15) is 0 Å². The van der Waals surface area contributed by atoms with E-state index in [4.69, 9.17) is 10.5 Å². The van der Waals surface area contributed by atoms with Gasteiger partial charge < -0.3 is 20.7 Å². The zero-order chi connectivity index (χ0) is 18.1. The molecule has 0 unspecified atom stereocenters. The first-order chi connectivity index (χ1) is 12.1. The lowest BCUT2D eigenvalue weighted by molar-refractivity contribution is -0.127. The van der Waals surface area contributed by atoms with Gasteiger partial charge in [-0.15, -0.1) is 24.8 Å². The van der Waals surface area contributed by atoms with E-state index in [1.54, 1.807) is 0 Å². The minimum absolute atomic E-state index is 0. The first kappa shape index (κ1) is 26.0. The van der Waals surface area contributed by atoms with Gasteiger partial charge in [0.15, 0.2) is 0 Å². The van der Waals surface area contributed by atoms with Crippen molar-refractivity contribution in [1.82, 2.24) is 10.2 Å². The van der Waals surface area contributed by atoms with E-state index in [2.05, 4.69) is 24.1 Å². The molecule has 5 nitrogen and oxygen atoms in total. The summed E-state index contributed by atoms with van der Waals surface area (Å²) in [6, 6.07) is 7.92. The van der Waals surface area contributed by atoms with Crippen molar-refractivity contribution in [3.63, 3.8) is 0 Å². The molecular formula is C20H35Cl2N3O2.